The number of benzene rings is 2. The van der Waals surface area contributed by atoms with Crippen molar-refractivity contribution in [2.24, 2.45) is 0 Å². The zero-order chi connectivity index (χ0) is 17.8. The van der Waals surface area contributed by atoms with E-state index in [1.807, 2.05) is 12.1 Å². The molecule has 7 heteroatoms. The molecule has 0 bridgehead atoms. The quantitative estimate of drug-likeness (QED) is 0.737. The molecule has 0 aliphatic carbocycles. The predicted molar refractivity (Wildman–Crippen MR) is 96.5 cm³/mol. The summed E-state index contributed by atoms with van der Waals surface area (Å²) in [5.41, 5.74) is 7.71. The van der Waals surface area contributed by atoms with Gasteiger partial charge in [0.25, 0.3) is 0 Å². The van der Waals surface area contributed by atoms with Crippen LogP contribution in [0.3, 0.4) is 0 Å². The number of aromatic nitrogens is 2. The molecule has 0 saturated heterocycles. The molecular weight excluding hydrogens is 342 g/mol. The topological polar surface area (TPSA) is 79.5 Å². The van der Waals surface area contributed by atoms with E-state index < -0.39 is 0 Å². The first-order chi connectivity index (χ1) is 12.1. The maximum atomic E-state index is 6.24. The summed E-state index contributed by atoms with van der Waals surface area (Å²) < 4.78 is 16.5. The van der Waals surface area contributed by atoms with Crippen LogP contribution in [0, 0.1) is 0 Å². The van der Waals surface area contributed by atoms with Crippen molar-refractivity contribution in [3.05, 3.63) is 53.8 Å². The van der Waals surface area contributed by atoms with Crippen molar-refractivity contribution in [1.82, 2.24) is 9.97 Å². The second-order valence-corrected chi connectivity index (χ2v) is 5.48. The fourth-order valence-electron chi connectivity index (χ4n) is 2.34. The maximum Gasteiger partial charge on any atom is 0.246 e. The van der Waals surface area contributed by atoms with E-state index in [0.29, 0.717) is 33.5 Å². The zero-order valence-electron chi connectivity index (χ0n) is 13.7. The number of nitrogens with zero attached hydrogens (tertiary/aromatic N) is 2. The van der Waals surface area contributed by atoms with Crippen molar-refractivity contribution in [2.75, 3.05) is 20.0 Å². The Kier molecular flexibility index (Phi) is 4.90. The summed E-state index contributed by atoms with van der Waals surface area (Å²) in [5.74, 6) is 1.86. The monoisotopic (exact) mass is 357 g/mol. The Morgan fingerprint density at radius 3 is 2.36 bits per heavy atom. The minimum Gasteiger partial charge on any atom is -0.496 e. The van der Waals surface area contributed by atoms with Crippen LogP contribution >= 0.6 is 11.6 Å². The molecule has 0 fully saturated rings. The van der Waals surface area contributed by atoms with Gasteiger partial charge in [0.2, 0.25) is 5.88 Å². The third-order valence-corrected chi connectivity index (χ3v) is 3.78. The van der Waals surface area contributed by atoms with Crippen molar-refractivity contribution in [3.63, 3.8) is 0 Å². The van der Waals surface area contributed by atoms with Crippen molar-refractivity contribution in [2.45, 2.75) is 0 Å². The minimum absolute atomic E-state index is 0.228. The van der Waals surface area contributed by atoms with Crippen LogP contribution in [0.25, 0.3) is 11.3 Å². The maximum absolute atomic E-state index is 6.24. The third kappa shape index (κ3) is 3.44. The van der Waals surface area contributed by atoms with Crippen LogP contribution in [-0.2, 0) is 0 Å². The molecule has 0 atom stereocenters. The van der Waals surface area contributed by atoms with Gasteiger partial charge in [-0.15, -0.1) is 0 Å². The molecule has 2 aromatic carbocycles. The van der Waals surface area contributed by atoms with Gasteiger partial charge in [-0.25, -0.2) is 4.98 Å². The van der Waals surface area contributed by atoms with E-state index in [4.69, 9.17) is 31.5 Å². The standard InChI is InChI=1S/C18H16ClN3O3/c1-23-13-5-3-4-6-14(13)25-18-16(20)17(21-10-22-18)12-8-7-11(19)9-15(12)24-2/h3-10H,20H2,1-2H3. The van der Waals surface area contributed by atoms with Gasteiger partial charge >= 0.3 is 0 Å². The number of anilines is 1. The van der Waals surface area contributed by atoms with E-state index >= 15 is 0 Å². The van der Waals surface area contributed by atoms with Gasteiger partial charge in [-0.1, -0.05) is 23.7 Å². The molecule has 6 nitrogen and oxygen atoms in total. The average Bonchev–Trinajstić information content (AvgIpc) is 2.64. The number of para-hydroxylation sites is 2. The van der Waals surface area contributed by atoms with E-state index in [9.17, 15) is 0 Å². The molecular formula is C18H16ClN3O3. The number of nitrogen functional groups attached to an aromatic ring is 1. The molecule has 1 heterocycles. The summed E-state index contributed by atoms with van der Waals surface area (Å²) in [7, 11) is 3.12. The van der Waals surface area contributed by atoms with Crippen LogP contribution in [-0.4, -0.2) is 24.2 Å². The Labute approximate surface area is 150 Å². The van der Waals surface area contributed by atoms with E-state index in [-0.39, 0.29) is 11.6 Å². The highest BCUT2D eigenvalue weighted by Crippen LogP contribution is 2.39. The second-order valence-electron chi connectivity index (χ2n) is 5.04. The molecule has 25 heavy (non-hydrogen) atoms. The fraction of sp³-hybridized carbons (Fsp3) is 0.111. The summed E-state index contributed by atoms with van der Waals surface area (Å²) in [6.07, 6.45) is 1.38. The number of ether oxygens (including phenoxy) is 3. The lowest BCUT2D eigenvalue weighted by atomic mass is 10.1. The van der Waals surface area contributed by atoms with Gasteiger partial charge in [0.05, 0.1) is 14.2 Å². The first kappa shape index (κ1) is 16.9. The third-order valence-electron chi connectivity index (χ3n) is 3.54. The van der Waals surface area contributed by atoms with Crippen LogP contribution in [0.2, 0.25) is 5.02 Å². The smallest absolute Gasteiger partial charge is 0.246 e. The van der Waals surface area contributed by atoms with Gasteiger partial charge in [-0.2, -0.15) is 4.98 Å². The normalized spacial score (nSPS) is 10.4. The molecule has 0 saturated carbocycles. The molecule has 2 N–H and O–H groups in total. The van der Waals surface area contributed by atoms with Crippen molar-refractivity contribution < 1.29 is 14.2 Å². The summed E-state index contributed by atoms with van der Waals surface area (Å²) in [5, 5.41) is 0.554. The number of halogens is 1. The highest BCUT2D eigenvalue weighted by Gasteiger charge is 2.17. The summed E-state index contributed by atoms with van der Waals surface area (Å²) in [6, 6.07) is 12.4. The Bertz CT molecular complexity index is 902. The van der Waals surface area contributed by atoms with E-state index in [1.54, 1.807) is 44.6 Å². The number of nitrogens with two attached hydrogens (primary N) is 1. The van der Waals surface area contributed by atoms with Gasteiger partial charge in [0, 0.05) is 10.6 Å². The van der Waals surface area contributed by atoms with Crippen molar-refractivity contribution in [1.29, 1.82) is 0 Å². The Morgan fingerprint density at radius 2 is 1.64 bits per heavy atom. The average molecular weight is 358 g/mol. The first-order valence-corrected chi connectivity index (χ1v) is 7.77. The molecule has 1 aromatic heterocycles. The van der Waals surface area contributed by atoms with E-state index in [2.05, 4.69) is 9.97 Å². The van der Waals surface area contributed by atoms with E-state index in [1.165, 1.54) is 6.33 Å². The van der Waals surface area contributed by atoms with Crippen LogP contribution in [0.4, 0.5) is 5.69 Å². The fourth-order valence-corrected chi connectivity index (χ4v) is 2.51. The van der Waals surface area contributed by atoms with E-state index in [0.717, 1.165) is 0 Å². The molecule has 3 rings (SSSR count). The molecule has 0 aliphatic heterocycles. The van der Waals surface area contributed by atoms with Crippen LogP contribution in [0.5, 0.6) is 23.1 Å². The lowest BCUT2D eigenvalue weighted by Gasteiger charge is -2.14. The first-order valence-electron chi connectivity index (χ1n) is 7.39. The predicted octanol–water partition coefficient (Wildman–Crippen LogP) is 4.19. The summed E-state index contributed by atoms with van der Waals surface area (Å²) in [6.45, 7) is 0. The molecule has 3 aromatic rings. The Morgan fingerprint density at radius 1 is 0.920 bits per heavy atom. The summed E-state index contributed by atoms with van der Waals surface area (Å²) in [4.78, 5) is 8.39. The molecule has 0 unspecified atom stereocenters. The SMILES string of the molecule is COc1ccccc1Oc1ncnc(-c2ccc(Cl)cc2OC)c1N. The number of hydrogen-bond acceptors (Lipinski definition) is 6. The Hall–Kier alpha value is -2.99. The van der Waals surface area contributed by atoms with Crippen LogP contribution in [0.1, 0.15) is 0 Å². The molecule has 128 valence electrons. The van der Waals surface area contributed by atoms with Crippen molar-refractivity contribution >= 4 is 17.3 Å². The highest BCUT2D eigenvalue weighted by molar-refractivity contribution is 6.30. The zero-order valence-corrected chi connectivity index (χ0v) is 14.4. The van der Waals surface area contributed by atoms with Crippen LogP contribution < -0.4 is 19.9 Å². The largest absolute Gasteiger partial charge is 0.496 e. The van der Waals surface area contributed by atoms with Gasteiger partial charge in [-0.05, 0) is 30.3 Å². The lowest BCUT2D eigenvalue weighted by Crippen LogP contribution is -2.01. The molecule has 0 aliphatic rings. The van der Waals surface area contributed by atoms with Gasteiger partial charge in [0.15, 0.2) is 11.5 Å². The number of rotatable bonds is 5. The van der Waals surface area contributed by atoms with Gasteiger partial charge in [-0.3, -0.25) is 0 Å². The van der Waals surface area contributed by atoms with Crippen molar-refractivity contribution in [3.8, 4) is 34.4 Å². The van der Waals surface area contributed by atoms with Gasteiger partial charge in [0.1, 0.15) is 23.5 Å². The summed E-state index contributed by atoms with van der Waals surface area (Å²) >= 11 is 6.01. The number of methoxy groups -OCH3 is 2. The molecule has 0 amide bonds. The Balaban J connectivity index is 2.04. The van der Waals surface area contributed by atoms with Crippen LogP contribution in [0.15, 0.2) is 48.8 Å². The highest BCUT2D eigenvalue weighted by atomic mass is 35.5. The lowest BCUT2D eigenvalue weighted by molar-refractivity contribution is 0.374. The molecule has 0 radical (unpaired) electrons. The van der Waals surface area contributed by atoms with Gasteiger partial charge < -0.3 is 19.9 Å². The minimum atomic E-state index is 0.228. The molecule has 0 spiro atoms. The number of hydrogen-bond donors (Lipinski definition) is 1. The second kappa shape index (κ2) is 7.27.